The number of carbonyl (C=O) groups excluding carboxylic acids is 1. The average molecular weight is 666 g/mol. The molecule has 2 aliphatic rings. The molecule has 6 heteroatoms. The maximum atomic E-state index is 13.5. The van der Waals surface area contributed by atoms with Crippen LogP contribution >= 0.6 is 0 Å². The molecule has 0 radical (unpaired) electrons. The standard InChI is InChI=1S/C12H11Si.C9H13.C6H11NO.2ClH.Hf/c1-3-7-11(8-4-1)13-12-9-5-2-6-10-12;1-6-5-7(2)9(4)8(6)3;7-6(8)5-3-1-2-4-5;;;/h1-10,13H;6H,1-4H3;5H,1-4H2,(H2,7,8);2*1H;/q;;;;;+3/p-3. The topological polar surface area (TPSA) is 29.1 Å². The van der Waals surface area contributed by atoms with Crippen molar-refractivity contribution in [1.29, 1.82) is 0 Å². The van der Waals surface area contributed by atoms with E-state index in [2.05, 4.69) is 91.7 Å². The summed E-state index contributed by atoms with van der Waals surface area (Å²) in [7, 11) is 0. The number of allylic oxidation sites excluding steroid dienone is 4. The first-order chi connectivity index (χ1) is 15.0. The fraction of sp³-hybridized carbons (Fsp3) is 0.370. The fourth-order valence-corrected chi connectivity index (χ4v) is 36.0. The van der Waals surface area contributed by atoms with E-state index in [1.807, 2.05) is 0 Å². The largest absolute Gasteiger partial charge is 1.00 e. The van der Waals surface area contributed by atoms with Gasteiger partial charge >= 0.3 is 197 Å². The molecule has 2 aromatic carbocycles. The zero-order chi connectivity index (χ0) is 22.0. The number of rotatable bonds is 6. The summed E-state index contributed by atoms with van der Waals surface area (Å²) in [6, 6.07) is 22.2. The van der Waals surface area contributed by atoms with Crippen LogP contribution in [0.15, 0.2) is 80.7 Å². The third-order valence-electron chi connectivity index (χ3n) is 7.47. The van der Waals surface area contributed by atoms with Gasteiger partial charge in [-0.15, -0.1) is 0 Å². The van der Waals surface area contributed by atoms with Crippen LogP contribution in [-0.4, -0.2) is 11.9 Å². The summed E-state index contributed by atoms with van der Waals surface area (Å²) in [5, 5.41) is 2.97. The Kier molecular flexibility index (Phi) is 10.9. The number of benzene rings is 2. The van der Waals surface area contributed by atoms with Crippen molar-refractivity contribution in [1.82, 2.24) is 3.30 Å². The Balaban J connectivity index is 0.00000193. The second kappa shape index (κ2) is 12.7. The second-order valence-corrected chi connectivity index (χ2v) is 28.2. The second-order valence-electron chi connectivity index (χ2n) is 9.21. The Morgan fingerprint density at radius 2 is 1.33 bits per heavy atom. The van der Waals surface area contributed by atoms with Gasteiger partial charge in [-0.3, -0.25) is 0 Å². The first kappa shape index (κ1) is 28.3. The molecule has 0 saturated heterocycles. The number of amides is 1. The van der Waals surface area contributed by atoms with Gasteiger partial charge in [0.15, 0.2) is 0 Å². The van der Waals surface area contributed by atoms with Gasteiger partial charge in [-0.1, -0.05) is 0 Å². The molecule has 2 aromatic rings. The van der Waals surface area contributed by atoms with Crippen molar-refractivity contribution in [3.8, 4) is 0 Å². The van der Waals surface area contributed by atoms with Gasteiger partial charge < -0.3 is 24.8 Å². The van der Waals surface area contributed by atoms with E-state index in [1.54, 1.807) is 3.33 Å². The van der Waals surface area contributed by atoms with E-state index in [0.29, 0.717) is 11.8 Å². The summed E-state index contributed by atoms with van der Waals surface area (Å²) in [6.07, 6.45) is 4.54. The van der Waals surface area contributed by atoms with Crippen molar-refractivity contribution in [3.63, 3.8) is 0 Å². The Bertz CT molecular complexity index is 964. The summed E-state index contributed by atoms with van der Waals surface area (Å²) in [4.78, 5) is 13.5. The molecule has 2 aliphatic carbocycles. The minimum atomic E-state index is -2.78. The predicted octanol–water partition coefficient (Wildman–Crippen LogP) is -1.37. The van der Waals surface area contributed by atoms with Gasteiger partial charge in [0.2, 0.25) is 0 Å². The smallest absolute Gasteiger partial charge is 1.00 e. The predicted molar refractivity (Wildman–Crippen MR) is 130 cm³/mol. The molecule has 1 fully saturated rings. The molecule has 4 rings (SSSR count). The Labute approximate surface area is 220 Å². The van der Waals surface area contributed by atoms with Crippen molar-refractivity contribution < 1.29 is 50.5 Å². The van der Waals surface area contributed by atoms with E-state index in [0.717, 1.165) is 12.8 Å². The third kappa shape index (κ3) is 6.01. The van der Waals surface area contributed by atoms with Gasteiger partial charge in [0, 0.05) is 0 Å². The maximum absolute atomic E-state index is 13.5. The van der Waals surface area contributed by atoms with Crippen LogP contribution < -0.4 is 38.5 Å². The van der Waals surface area contributed by atoms with Gasteiger partial charge in [0.05, 0.1) is 0 Å². The fourth-order valence-electron chi connectivity index (χ4n) is 5.33. The van der Waals surface area contributed by atoms with Crippen LogP contribution in [-0.2, 0) is 25.7 Å². The minimum absolute atomic E-state index is 0. The molecule has 2 nitrogen and oxygen atoms in total. The molecule has 1 saturated carbocycles. The van der Waals surface area contributed by atoms with E-state index in [4.69, 9.17) is 0 Å². The van der Waals surface area contributed by atoms with Gasteiger partial charge in [0.1, 0.15) is 0 Å². The molecule has 33 heavy (non-hydrogen) atoms. The molecule has 0 aliphatic heterocycles. The zero-order valence-corrected chi connectivity index (χ0v) is 26.3. The molecule has 175 valence electrons. The molecule has 0 heterocycles. The van der Waals surface area contributed by atoms with Crippen molar-refractivity contribution in [3.05, 3.63) is 80.7 Å². The molecule has 0 bridgehead atoms. The van der Waals surface area contributed by atoms with Gasteiger partial charge in [0.25, 0.3) is 0 Å². The molecule has 1 amide bonds. The van der Waals surface area contributed by atoms with Crippen LogP contribution in [0.5, 0.6) is 0 Å². The van der Waals surface area contributed by atoms with Crippen molar-refractivity contribution in [2.45, 2.75) is 53.4 Å². The summed E-state index contributed by atoms with van der Waals surface area (Å²) >= 11 is -2.78. The monoisotopic (exact) mass is 666 g/mol. The van der Waals surface area contributed by atoms with Gasteiger partial charge in [-0.2, -0.15) is 0 Å². The van der Waals surface area contributed by atoms with E-state index in [9.17, 15) is 4.79 Å². The maximum Gasteiger partial charge on any atom is -1.00 e. The van der Waals surface area contributed by atoms with E-state index < -0.39 is 26.9 Å². The van der Waals surface area contributed by atoms with Crippen LogP contribution in [0.25, 0.3) is 0 Å². The Morgan fingerprint density at radius 1 is 0.848 bits per heavy atom. The zero-order valence-electron chi connectivity index (χ0n) is 20.0. The molecule has 1 unspecified atom stereocenters. The van der Waals surface area contributed by atoms with Crippen molar-refractivity contribution in [2.75, 3.05) is 0 Å². The average Bonchev–Trinajstić information content (AvgIpc) is 3.40. The normalized spacial score (nSPS) is 18.3. The number of carbonyl (C=O) groups is 1. The summed E-state index contributed by atoms with van der Waals surface area (Å²) in [5.41, 5.74) is 4.43. The van der Waals surface area contributed by atoms with Crippen molar-refractivity contribution in [2.24, 2.45) is 11.8 Å². The molecular formula is C27H34Cl2HfNOSi. The van der Waals surface area contributed by atoms with Crippen LogP contribution in [0.2, 0.25) is 0 Å². The number of nitrogens with one attached hydrogen (secondary N) is 1. The SMILES string of the molecule is CC1=C(C)C(C)[C]([Hf+2]([NH]C(=O)C2CCCC2)[SiH](c2ccccc2)c2ccccc2)=C1C.[Cl-].[Cl-]. The molecule has 0 spiro atoms. The van der Waals surface area contributed by atoms with Crippen molar-refractivity contribution >= 4 is 22.3 Å². The molecule has 1 atom stereocenters. The van der Waals surface area contributed by atoms with Crippen LogP contribution in [0.4, 0.5) is 0 Å². The number of hydrogen-bond acceptors (Lipinski definition) is 1. The summed E-state index contributed by atoms with van der Waals surface area (Å²) in [6.45, 7) is 9.25. The number of halogens is 2. The van der Waals surface area contributed by atoms with Crippen LogP contribution in [0.1, 0.15) is 53.4 Å². The van der Waals surface area contributed by atoms with Gasteiger partial charge in [-0.05, 0) is 0 Å². The Hall–Kier alpha value is -0.943. The minimum Gasteiger partial charge on any atom is -1.00 e. The first-order valence-corrected chi connectivity index (χ1v) is 23.2. The summed E-state index contributed by atoms with van der Waals surface area (Å²) < 4.78 is 5.50. The van der Waals surface area contributed by atoms with Crippen LogP contribution in [0, 0.1) is 11.8 Å². The summed E-state index contributed by atoms with van der Waals surface area (Å²) in [5.74, 6) is -0.496. The van der Waals surface area contributed by atoms with E-state index >= 15 is 0 Å². The molecule has 0 aromatic heterocycles. The quantitative estimate of drug-likeness (QED) is 0.380. The third-order valence-corrected chi connectivity index (χ3v) is 34.1. The Morgan fingerprint density at radius 3 is 1.76 bits per heavy atom. The first-order valence-electron chi connectivity index (χ1n) is 11.7. The molecule has 1 N–H and O–H groups in total. The number of hydrogen-bond donors (Lipinski definition) is 1. The van der Waals surface area contributed by atoms with Gasteiger partial charge in [-0.25, -0.2) is 0 Å². The molecular weight excluding hydrogens is 632 g/mol. The van der Waals surface area contributed by atoms with E-state index in [-0.39, 0.29) is 30.7 Å². The van der Waals surface area contributed by atoms with Crippen LogP contribution in [0.3, 0.4) is 0 Å². The van der Waals surface area contributed by atoms with E-state index in [1.165, 1.54) is 39.9 Å².